The van der Waals surface area contributed by atoms with Crippen molar-refractivity contribution in [2.75, 3.05) is 25.0 Å². The predicted octanol–water partition coefficient (Wildman–Crippen LogP) is -0.365. The van der Waals surface area contributed by atoms with Crippen LogP contribution in [0.2, 0.25) is 0 Å². The molecule has 1 aromatic heterocycles. The molecule has 0 saturated carbocycles. The van der Waals surface area contributed by atoms with Crippen LogP contribution in [-0.4, -0.2) is 50.6 Å². The number of tetrazole rings is 1. The summed E-state index contributed by atoms with van der Waals surface area (Å²) in [5, 5.41) is 14.0. The molecule has 2 rings (SSSR count). The summed E-state index contributed by atoms with van der Waals surface area (Å²) in [6.45, 7) is 2.39. The van der Waals surface area contributed by atoms with Crippen molar-refractivity contribution in [1.29, 1.82) is 0 Å². The summed E-state index contributed by atoms with van der Waals surface area (Å²) in [6.07, 6.45) is 2.76. The monoisotopic (exact) mass is 224 g/mol. The smallest absolute Gasteiger partial charge is 0.242 e. The molecule has 1 amide bonds. The minimum Gasteiger partial charge on any atom is -0.353 e. The fourth-order valence-electron chi connectivity index (χ4n) is 1.79. The second kappa shape index (κ2) is 4.91. The first-order valence-corrected chi connectivity index (χ1v) is 5.51. The molecule has 7 nitrogen and oxygen atoms in total. The molecule has 1 aliphatic heterocycles. The van der Waals surface area contributed by atoms with Crippen molar-refractivity contribution in [3.05, 3.63) is 0 Å². The van der Waals surface area contributed by atoms with Gasteiger partial charge < -0.3 is 10.2 Å². The van der Waals surface area contributed by atoms with E-state index in [9.17, 15) is 4.79 Å². The average molecular weight is 224 g/mol. The van der Waals surface area contributed by atoms with Crippen LogP contribution in [-0.2, 0) is 11.8 Å². The Morgan fingerprint density at radius 2 is 2.19 bits per heavy atom. The average Bonchev–Trinajstić information content (AvgIpc) is 2.90. The van der Waals surface area contributed by atoms with Crippen LogP contribution in [0.25, 0.3) is 0 Å². The molecular weight excluding hydrogens is 208 g/mol. The topological polar surface area (TPSA) is 75.9 Å². The minimum atomic E-state index is 0.208. The summed E-state index contributed by atoms with van der Waals surface area (Å²) in [4.78, 5) is 13.6. The number of nitrogens with zero attached hydrogens (tertiary/aromatic N) is 5. The first kappa shape index (κ1) is 10.8. The molecule has 1 saturated heterocycles. The first-order chi connectivity index (χ1) is 7.77. The summed E-state index contributed by atoms with van der Waals surface area (Å²) < 4.78 is 1.54. The number of nitrogens with one attached hydrogen (secondary N) is 1. The Bertz CT molecular complexity index is 357. The molecule has 16 heavy (non-hydrogen) atoms. The molecule has 7 heteroatoms. The number of hydrogen-bond acceptors (Lipinski definition) is 5. The predicted molar refractivity (Wildman–Crippen MR) is 57.7 cm³/mol. The lowest BCUT2D eigenvalue weighted by atomic mass is 10.3. The summed E-state index contributed by atoms with van der Waals surface area (Å²) in [5.41, 5.74) is 0. The minimum absolute atomic E-state index is 0.208. The Morgan fingerprint density at radius 1 is 1.44 bits per heavy atom. The molecule has 1 fully saturated rings. The standard InChI is InChI=1S/C9H16N6O/c1-14-9(11-12-13-14)10-5-4-8(16)15-6-2-3-7-15/h2-7H2,1H3,(H,10,11,13). The van der Waals surface area contributed by atoms with Crippen LogP contribution in [0.4, 0.5) is 5.95 Å². The van der Waals surface area contributed by atoms with Crippen molar-refractivity contribution in [3.8, 4) is 0 Å². The lowest BCUT2D eigenvalue weighted by Crippen LogP contribution is -2.29. The Hall–Kier alpha value is -1.66. The zero-order valence-electron chi connectivity index (χ0n) is 9.39. The van der Waals surface area contributed by atoms with Crippen LogP contribution in [0.15, 0.2) is 0 Å². The van der Waals surface area contributed by atoms with E-state index >= 15 is 0 Å². The third kappa shape index (κ3) is 2.47. The maximum absolute atomic E-state index is 11.7. The fourth-order valence-corrected chi connectivity index (χ4v) is 1.79. The molecule has 0 atom stereocenters. The van der Waals surface area contributed by atoms with Crippen LogP contribution in [0.1, 0.15) is 19.3 Å². The van der Waals surface area contributed by atoms with Crippen molar-refractivity contribution in [3.63, 3.8) is 0 Å². The van der Waals surface area contributed by atoms with E-state index in [1.165, 1.54) is 0 Å². The van der Waals surface area contributed by atoms with E-state index in [-0.39, 0.29) is 5.91 Å². The summed E-state index contributed by atoms with van der Waals surface area (Å²) in [5.74, 6) is 0.800. The third-order valence-corrected chi connectivity index (χ3v) is 2.70. The molecule has 0 radical (unpaired) electrons. The molecule has 1 aromatic rings. The van der Waals surface area contributed by atoms with Crippen LogP contribution >= 0.6 is 0 Å². The molecule has 0 unspecified atom stereocenters. The highest BCUT2D eigenvalue weighted by atomic mass is 16.2. The molecule has 0 aromatic carbocycles. The highest BCUT2D eigenvalue weighted by molar-refractivity contribution is 5.76. The van der Waals surface area contributed by atoms with Crippen LogP contribution in [0.3, 0.4) is 0 Å². The summed E-state index contributed by atoms with van der Waals surface area (Å²) >= 11 is 0. The van der Waals surface area contributed by atoms with E-state index in [1.54, 1.807) is 11.7 Å². The van der Waals surface area contributed by atoms with Gasteiger partial charge in [0, 0.05) is 33.1 Å². The Kier molecular flexibility index (Phi) is 3.33. The van der Waals surface area contributed by atoms with E-state index in [0.717, 1.165) is 25.9 Å². The molecule has 0 aliphatic carbocycles. The number of carbonyl (C=O) groups excluding carboxylic acids is 1. The number of amides is 1. The highest BCUT2D eigenvalue weighted by Crippen LogP contribution is 2.08. The molecule has 2 heterocycles. The fraction of sp³-hybridized carbons (Fsp3) is 0.778. The zero-order valence-corrected chi connectivity index (χ0v) is 9.39. The van der Waals surface area contributed by atoms with Gasteiger partial charge in [0.1, 0.15) is 0 Å². The van der Waals surface area contributed by atoms with E-state index in [4.69, 9.17) is 0 Å². The maximum atomic E-state index is 11.7. The van der Waals surface area contributed by atoms with Crippen molar-refractivity contribution in [2.24, 2.45) is 7.05 Å². The second-order valence-electron chi connectivity index (χ2n) is 3.89. The first-order valence-electron chi connectivity index (χ1n) is 5.51. The van der Waals surface area contributed by atoms with Gasteiger partial charge in [-0.1, -0.05) is 5.10 Å². The summed E-state index contributed by atoms with van der Waals surface area (Å²) in [6, 6.07) is 0. The molecule has 0 bridgehead atoms. The van der Waals surface area contributed by atoms with Crippen LogP contribution in [0, 0.1) is 0 Å². The Balaban J connectivity index is 1.71. The Labute approximate surface area is 93.8 Å². The Morgan fingerprint density at radius 3 is 2.81 bits per heavy atom. The third-order valence-electron chi connectivity index (χ3n) is 2.70. The van der Waals surface area contributed by atoms with E-state index in [1.807, 2.05) is 4.90 Å². The number of carbonyl (C=O) groups is 1. The van der Waals surface area contributed by atoms with E-state index in [2.05, 4.69) is 20.8 Å². The van der Waals surface area contributed by atoms with E-state index in [0.29, 0.717) is 18.9 Å². The molecule has 1 N–H and O–H groups in total. The number of rotatable bonds is 4. The SMILES string of the molecule is Cn1nnnc1NCCC(=O)N1CCCC1. The van der Waals surface area contributed by atoms with Crippen molar-refractivity contribution < 1.29 is 4.79 Å². The van der Waals surface area contributed by atoms with Gasteiger partial charge in [0.05, 0.1) is 0 Å². The van der Waals surface area contributed by atoms with Gasteiger partial charge in [-0.15, -0.1) is 0 Å². The van der Waals surface area contributed by atoms with Gasteiger partial charge in [-0.2, -0.15) is 0 Å². The van der Waals surface area contributed by atoms with E-state index < -0.39 is 0 Å². The van der Waals surface area contributed by atoms with Crippen molar-refractivity contribution >= 4 is 11.9 Å². The van der Waals surface area contributed by atoms with Crippen LogP contribution < -0.4 is 5.32 Å². The molecule has 1 aliphatic rings. The number of aromatic nitrogens is 4. The van der Waals surface area contributed by atoms with Gasteiger partial charge >= 0.3 is 0 Å². The molecule has 0 spiro atoms. The van der Waals surface area contributed by atoms with Crippen molar-refractivity contribution in [1.82, 2.24) is 25.1 Å². The maximum Gasteiger partial charge on any atom is 0.242 e. The van der Waals surface area contributed by atoms with Gasteiger partial charge in [-0.25, -0.2) is 4.68 Å². The van der Waals surface area contributed by atoms with Gasteiger partial charge in [0.2, 0.25) is 11.9 Å². The normalized spacial score (nSPS) is 15.4. The molecule has 88 valence electrons. The van der Waals surface area contributed by atoms with Crippen molar-refractivity contribution in [2.45, 2.75) is 19.3 Å². The highest BCUT2D eigenvalue weighted by Gasteiger charge is 2.17. The van der Waals surface area contributed by atoms with Gasteiger partial charge in [-0.3, -0.25) is 4.79 Å². The van der Waals surface area contributed by atoms with Gasteiger partial charge in [-0.05, 0) is 23.3 Å². The quantitative estimate of drug-likeness (QED) is 0.755. The number of anilines is 1. The number of hydrogen-bond donors (Lipinski definition) is 1. The lowest BCUT2D eigenvalue weighted by Gasteiger charge is -2.14. The number of likely N-dealkylation sites (tertiary alicyclic amines) is 1. The van der Waals surface area contributed by atoms with Gasteiger partial charge in [0.25, 0.3) is 0 Å². The second-order valence-corrected chi connectivity index (χ2v) is 3.89. The molecular formula is C9H16N6O. The summed E-state index contributed by atoms with van der Waals surface area (Å²) in [7, 11) is 1.75. The van der Waals surface area contributed by atoms with Gasteiger partial charge in [0.15, 0.2) is 0 Å². The zero-order chi connectivity index (χ0) is 11.4. The lowest BCUT2D eigenvalue weighted by molar-refractivity contribution is -0.129. The largest absolute Gasteiger partial charge is 0.353 e. The van der Waals surface area contributed by atoms with Crippen LogP contribution in [0.5, 0.6) is 0 Å². The number of aryl methyl sites for hydroxylation is 1.